The lowest BCUT2D eigenvalue weighted by Gasteiger charge is -2.25. The summed E-state index contributed by atoms with van der Waals surface area (Å²) in [4.78, 5) is 15.0. The fourth-order valence-electron chi connectivity index (χ4n) is 3.69. The highest BCUT2D eigenvalue weighted by Crippen LogP contribution is 2.30. The first-order valence-corrected chi connectivity index (χ1v) is 9.24. The first kappa shape index (κ1) is 17.3. The zero-order chi connectivity index (χ0) is 18.1. The molecule has 1 N–H and O–H groups in total. The van der Waals surface area contributed by atoms with E-state index >= 15 is 0 Å². The van der Waals surface area contributed by atoms with Crippen molar-refractivity contribution in [3.05, 3.63) is 58.9 Å². The van der Waals surface area contributed by atoms with Gasteiger partial charge in [-0.2, -0.15) is 0 Å². The molecule has 4 nitrogen and oxygen atoms in total. The van der Waals surface area contributed by atoms with E-state index in [0.29, 0.717) is 40.7 Å². The Morgan fingerprint density at radius 1 is 1.12 bits per heavy atom. The molecule has 0 radical (unpaired) electrons. The number of hydrogen-bond donors (Lipinski definition) is 1. The van der Waals surface area contributed by atoms with Gasteiger partial charge in [-0.3, -0.25) is 4.79 Å². The molecule has 2 fully saturated rings. The molecule has 2 atom stereocenters. The number of nitrogens with zero attached hydrogens (tertiary/aromatic N) is 1. The Kier molecular flexibility index (Phi) is 4.83. The van der Waals surface area contributed by atoms with Gasteiger partial charge in [-0.25, -0.2) is 4.39 Å². The molecule has 0 aliphatic carbocycles. The minimum Gasteiger partial charge on any atom is -0.457 e. The van der Waals surface area contributed by atoms with Crippen LogP contribution in [0, 0.1) is 5.82 Å². The molecule has 2 heterocycles. The van der Waals surface area contributed by atoms with Crippen LogP contribution in [0.5, 0.6) is 11.5 Å². The molecule has 26 heavy (non-hydrogen) atoms. The van der Waals surface area contributed by atoms with E-state index in [0.717, 1.165) is 19.4 Å². The van der Waals surface area contributed by atoms with Crippen molar-refractivity contribution in [3.63, 3.8) is 0 Å². The second kappa shape index (κ2) is 7.25. The topological polar surface area (TPSA) is 41.6 Å². The second-order valence-corrected chi connectivity index (χ2v) is 7.31. The lowest BCUT2D eigenvalue weighted by molar-refractivity contribution is 0.0745. The van der Waals surface area contributed by atoms with E-state index in [9.17, 15) is 9.18 Å². The van der Waals surface area contributed by atoms with E-state index in [1.165, 1.54) is 30.7 Å². The number of benzene rings is 2. The van der Waals surface area contributed by atoms with Crippen molar-refractivity contribution in [2.45, 2.75) is 31.3 Å². The highest BCUT2D eigenvalue weighted by atomic mass is 35.5. The Labute approximate surface area is 156 Å². The number of hydrogen-bond acceptors (Lipinski definition) is 3. The van der Waals surface area contributed by atoms with E-state index in [1.807, 2.05) is 4.90 Å². The predicted molar refractivity (Wildman–Crippen MR) is 98.4 cm³/mol. The van der Waals surface area contributed by atoms with Crippen LogP contribution < -0.4 is 10.1 Å². The Bertz CT molecular complexity index is 812. The van der Waals surface area contributed by atoms with Crippen molar-refractivity contribution in [2.24, 2.45) is 0 Å². The summed E-state index contributed by atoms with van der Waals surface area (Å²) in [6.07, 6.45) is 3.24. The van der Waals surface area contributed by atoms with Gasteiger partial charge >= 0.3 is 0 Å². The van der Waals surface area contributed by atoms with Crippen LogP contribution in [0.4, 0.5) is 4.39 Å². The van der Waals surface area contributed by atoms with Gasteiger partial charge in [0.2, 0.25) is 0 Å². The summed E-state index contributed by atoms with van der Waals surface area (Å²) < 4.78 is 18.9. The van der Waals surface area contributed by atoms with Crippen LogP contribution in [0.25, 0.3) is 0 Å². The van der Waals surface area contributed by atoms with E-state index in [-0.39, 0.29) is 11.7 Å². The summed E-state index contributed by atoms with van der Waals surface area (Å²) in [5.74, 6) is 0.476. The van der Waals surface area contributed by atoms with Crippen LogP contribution in [0.2, 0.25) is 5.02 Å². The molecule has 2 saturated heterocycles. The second-order valence-electron chi connectivity index (χ2n) is 6.87. The number of nitrogens with one attached hydrogen (secondary N) is 1. The minimum atomic E-state index is -0.336. The van der Waals surface area contributed by atoms with Gasteiger partial charge in [0.05, 0.1) is 5.56 Å². The molecule has 2 aliphatic rings. The van der Waals surface area contributed by atoms with Crippen LogP contribution in [-0.4, -0.2) is 36.0 Å². The van der Waals surface area contributed by atoms with Gasteiger partial charge in [0.15, 0.2) is 0 Å². The van der Waals surface area contributed by atoms with Crippen molar-refractivity contribution in [3.8, 4) is 11.5 Å². The lowest BCUT2D eigenvalue weighted by Crippen LogP contribution is -2.39. The summed E-state index contributed by atoms with van der Waals surface area (Å²) in [7, 11) is 0. The fraction of sp³-hybridized carbons (Fsp3) is 0.350. The van der Waals surface area contributed by atoms with Gasteiger partial charge in [0, 0.05) is 30.2 Å². The first-order chi connectivity index (χ1) is 12.6. The van der Waals surface area contributed by atoms with Crippen molar-refractivity contribution in [2.75, 3.05) is 13.1 Å². The first-order valence-electron chi connectivity index (χ1n) is 8.87. The average Bonchev–Trinajstić information content (AvgIpc) is 2.97. The Morgan fingerprint density at radius 3 is 2.69 bits per heavy atom. The smallest absolute Gasteiger partial charge is 0.257 e. The number of carbonyl (C=O) groups is 1. The third-order valence-corrected chi connectivity index (χ3v) is 5.26. The Morgan fingerprint density at radius 2 is 1.88 bits per heavy atom. The van der Waals surface area contributed by atoms with Crippen LogP contribution in [0.3, 0.4) is 0 Å². The predicted octanol–water partition coefficient (Wildman–Crippen LogP) is 4.24. The zero-order valence-electron chi connectivity index (χ0n) is 14.3. The van der Waals surface area contributed by atoms with E-state index in [2.05, 4.69) is 5.32 Å². The number of amides is 1. The highest BCUT2D eigenvalue weighted by molar-refractivity contribution is 6.31. The van der Waals surface area contributed by atoms with Gasteiger partial charge in [0.1, 0.15) is 17.3 Å². The molecule has 2 unspecified atom stereocenters. The standard InChI is InChI=1S/C20H20ClFN2O2/c21-13-1-8-19(26-17-6-2-14(22)3-7-17)18(11-13)20(25)24-10-9-15-4-5-16(12-24)23-15/h1-3,6-8,11,15-16,23H,4-5,9-10,12H2. The molecule has 136 valence electrons. The Balaban J connectivity index is 1.59. The van der Waals surface area contributed by atoms with Crippen LogP contribution in [0.15, 0.2) is 42.5 Å². The lowest BCUT2D eigenvalue weighted by atomic mass is 10.1. The summed E-state index contributed by atoms with van der Waals surface area (Å²) >= 11 is 6.13. The summed E-state index contributed by atoms with van der Waals surface area (Å²) in [5.41, 5.74) is 0.430. The molecule has 2 bridgehead atoms. The van der Waals surface area contributed by atoms with Crippen molar-refractivity contribution in [1.82, 2.24) is 10.2 Å². The van der Waals surface area contributed by atoms with Crippen LogP contribution in [0.1, 0.15) is 29.6 Å². The molecule has 1 amide bonds. The van der Waals surface area contributed by atoms with Gasteiger partial charge in [-0.1, -0.05) is 11.6 Å². The van der Waals surface area contributed by atoms with Crippen molar-refractivity contribution in [1.29, 1.82) is 0 Å². The molecule has 2 aromatic carbocycles. The molecule has 0 spiro atoms. The summed E-state index contributed by atoms with van der Waals surface area (Å²) in [6.45, 7) is 1.41. The number of likely N-dealkylation sites (tertiary alicyclic amines) is 1. The number of carbonyl (C=O) groups excluding carboxylic acids is 1. The number of halogens is 2. The molecule has 2 aromatic rings. The van der Waals surface area contributed by atoms with Gasteiger partial charge in [0.25, 0.3) is 5.91 Å². The SMILES string of the molecule is O=C(c1cc(Cl)ccc1Oc1ccc(F)cc1)N1CCC2CCC(C1)N2. The summed E-state index contributed by atoms with van der Waals surface area (Å²) in [6, 6.07) is 11.6. The maximum atomic E-state index is 13.1. The van der Waals surface area contributed by atoms with Crippen molar-refractivity contribution >= 4 is 17.5 Å². The molecule has 0 aromatic heterocycles. The maximum Gasteiger partial charge on any atom is 0.257 e. The largest absolute Gasteiger partial charge is 0.457 e. The minimum absolute atomic E-state index is 0.0843. The number of fused-ring (bicyclic) bond motifs is 2. The number of rotatable bonds is 3. The summed E-state index contributed by atoms with van der Waals surface area (Å²) in [5, 5.41) is 4.05. The molecular weight excluding hydrogens is 355 g/mol. The monoisotopic (exact) mass is 374 g/mol. The highest BCUT2D eigenvalue weighted by Gasteiger charge is 2.32. The fourth-order valence-corrected chi connectivity index (χ4v) is 3.86. The van der Waals surface area contributed by atoms with E-state index < -0.39 is 0 Å². The van der Waals surface area contributed by atoms with Gasteiger partial charge in [-0.05, 0) is 61.7 Å². The van der Waals surface area contributed by atoms with E-state index in [1.54, 1.807) is 18.2 Å². The van der Waals surface area contributed by atoms with E-state index in [4.69, 9.17) is 16.3 Å². The molecular formula is C20H20ClFN2O2. The molecule has 2 aliphatic heterocycles. The Hall–Kier alpha value is -2.11. The average molecular weight is 375 g/mol. The van der Waals surface area contributed by atoms with Crippen LogP contribution >= 0.6 is 11.6 Å². The third kappa shape index (κ3) is 3.69. The maximum absolute atomic E-state index is 13.1. The van der Waals surface area contributed by atoms with Gasteiger partial charge in [-0.15, -0.1) is 0 Å². The molecule has 6 heteroatoms. The van der Waals surface area contributed by atoms with Crippen molar-refractivity contribution < 1.29 is 13.9 Å². The molecule has 0 saturated carbocycles. The zero-order valence-corrected chi connectivity index (χ0v) is 15.0. The quantitative estimate of drug-likeness (QED) is 0.873. The normalized spacial score (nSPS) is 22.2. The third-order valence-electron chi connectivity index (χ3n) is 5.02. The van der Waals surface area contributed by atoms with Crippen LogP contribution in [-0.2, 0) is 0 Å². The molecule has 4 rings (SSSR count). The van der Waals surface area contributed by atoms with Gasteiger partial charge < -0.3 is 15.0 Å². The number of ether oxygens (including phenoxy) is 1.